The van der Waals surface area contributed by atoms with Crippen LogP contribution in [0.25, 0.3) is 0 Å². The fraction of sp³-hybridized carbons (Fsp3) is 0.500. The molecule has 0 aromatic carbocycles. The summed E-state index contributed by atoms with van der Waals surface area (Å²) in [6.45, 7) is 1.71. The van der Waals surface area contributed by atoms with Crippen LogP contribution in [0.15, 0.2) is 12.4 Å². The van der Waals surface area contributed by atoms with Gasteiger partial charge in [-0.3, -0.25) is 0 Å². The lowest BCUT2D eigenvalue weighted by Crippen LogP contribution is -2.20. The highest BCUT2D eigenvalue weighted by Gasteiger charge is 2.11. The Morgan fingerprint density at radius 1 is 1.85 bits per heavy atom. The van der Waals surface area contributed by atoms with Crippen molar-refractivity contribution in [2.45, 2.75) is 19.6 Å². The van der Waals surface area contributed by atoms with E-state index in [1.165, 1.54) is 6.92 Å². The summed E-state index contributed by atoms with van der Waals surface area (Å²) in [5, 5.41) is 8.53. The Labute approximate surface area is 76.0 Å². The predicted molar refractivity (Wildman–Crippen MR) is 45.1 cm³/mol. The molecule has 1 atom stereocenters. The van der Waals surface area contributed by atoms with E-state index in [1.54, 1.807) is 17.0 Å². The van der Waals surface area contributed by atoms with Crippen LogP contribution in [0.3, 0.4) is 0 Å². The van der Waals surface area contributed by atoms with Gasteiger partial charge in [0.2, 0.25) is 0 Å². The van der Waals surface area contributed by atoms with Gasteiger partial charge in [-0.2, -0.15) is 0 Å². The molecule has 0 radical (unpaired) electrons. The second-order valence-electron chi connectivity index (χ2n) is 2.75. The van der Waals surface area contributed by atoms with E-state index in [0.29, 0.717) is 5.82 Å². The van der Waals surface area contributed by atoms with E-state index in [-0.39, 0.29) is 6.61 Å². The number of hydrogen-bond acceptors (Lipinski definition) is 3. The molecule has 0 amide bonds. The van der Waals surface area contributed by atoms with Crippen LogP contribution in [0.5, 0.6) is 0 Å². The molecule has 1 heterocycles. The molecule has 0 saturated carbocycles. The SMILES string of the molecule is C[C@H](OCc1nccn1C)C(=O)O. The summed E-state index contributed by atoms with van der Waals surface area (Å²) in [7, 11) is 1.83. The lowest BCUT2D eigenvalue weighted by Gasteiger charge is -2.07. The summed E-state index contributed by atoms with van der Waals surface area (Å²) >= 11 is 0. The normalized spacial score (nSPS) is 12.8. The van der Waals surface area contributed by atoms with Crippen LogP contribution in [0.2, 0.25) is 0 Å². The maximum absolute atomic E-state index is 10.4. The van der Waals surface area contributed by atoms with Crippen molar-refractivity contribution < 1.29 is 14.6 Å². The predicted octanol–water partition coefficient (Wildman–Crippen LogP) is 0.410. The Morgan fingerprint density at radius 2 is 2.54 bits per heavy atom. The third kappa shape index (κ3) is 2.55. The molecule has 1 aromatic heterocycles. The van der Waals surface area contributed by atoms with Crippen molar-refractivity contribution in [3.8, 4) is 0 Å². The number of aryl methyl sites for hydroxylation is 1. The summed E-state index contributed by atoms with van der Waals surface area (Å²) in [6.07, 6.45) is 2.63. The summed E-state index contributed by atoms with van der Waals surface area (Å²) in [5.74, 6) is -0.248. The number of nitrogens with zero attached hydrogens (tertiary/aromatic N) is 2. The van der Waals surface area contributed by atoms with Crippen LogP contribution in [-0.4, -0.2) is 26.7 Å². The summed E-state index contributed by atoms with van der Waals surface area (Å²) in [5.41, 5.74) is 0. The largest absolute Gasteiger partial charge is 0.479 e. The van der Waals surface area contributed by atoms with Crippen molar-refractivity contribution in [1.82, 2.24) is 9.55 Å². The molecule has 1 N–H and O–H groups in total. The zero-order valence-electron chi connectivity index (χ0n) is 7.60. The van der Waals surface area contributed by atoms with Gasteiger partial charge in [-0.1, -0.05) is 0 Å². The molecular weight excluding hydrogens is 172 g/mol. The van der Waals surface area contributed by atoms with Gasteiger partial charge >= 0.3 is 5.97 Å². The highest BCUT2D eigenvalue weighted by atomic mass is 16.5. The van der Waals surface area contributed by atoms with Crippen molar-refractivity contribution >= 4 is 5.97 Å². The fourth-order valence-electron chi connectivity index (χ4n) is 0.806. The lowest BCUT2D eigenvalue weighted by molar-refractivity contribution is -0.150. The summed E-state index contributed by atoms with van der Waals surface area (Å²) < 4.78 is 6.83. The van der Waals surface area contributed by atoms with Crippen LogP contribution in [0.4, 0.5) is 0 Å². The third-order valence-corrected chi connectivity index (χ3v) is 1.73. The van der Waals surface area contributed by atoms with Crippen molar-refractivity contribution in [3.05, 3.63) is 18.2 Å². The smallest absolute Gasteiger partial charge is 0.332 e. The number of hydrogen-bond donors (Lipinski definition) is 1. The monoisotopic (exact) mass is 184 g/mol. The van der Waals surface area contributed by atoms with Crippen molar-refractivity contribution in [1.29, 1.82) is 0 Å². The Kier molecular flexibility index (Phi) is 3.02. The minimum Gasteiger partial charge on any atom is -0.479 e. The van der Waals surface area contributed by atoms with Crippen LogP contribution in [0.1, 0.15) is 12.7 Å². The van der Waals surface area contributed by atoms with Crippen molar-refractivity contribution in [3.63, 3.8) is 0 Å². The van der Waals surface area contributed by atoms with Crippen LogP contribution >= 0.6 is 0 Å². The molecule has 13 heavy (non-hydrogen) atoms. The molecule has 1 aromatic rings. The Balaban J connectivity index is 2.44. The first-order valence-electron chi connectivity index (χ1n) is 3.92. The fourth-order valence-corrected chi connectivity index (χ4v) is 0.806. The first kappa shape index (κ1) is 9.73. The molecule has 5 heteroatoms. The van der Waals surface area contributed by atoms with Crippen LogP contribution < -0.4 is 0 Å². The highest BCUT2D eigenvalue weighted by Crippen LogP contribution is 2.00. The Hall–Kier alpha value is -1.36. The van der Waals surface area contributed by atoms with E-state index in [0.717, 1.165) is 0 Å². The molecule has 0 fully saturated rings. The van der Waals surface area contributed by atoms with Crippen LogP contribution in [0, 0.1) is 0 Å². The Morgan fingerprint density at radius 3 is 3.00 bits per heavy atom. The maximum atomic E-state index is 10.4. The summed E-state index contributed by atoms with van der Waals surface area (Å²) in [6, 6.07) is 0. The van der Waals surface area contributed by atoms with Crippen LogP contribution in [-0.2, 0) is 23.2 Å². The van der Waals surface area contributed by atoms with Gasteiger partial charge in [-0.25, -0.2) is 9.78 Å². The summed E-state index contributed by atoms with van der Waals surface area (Å²) in [4.78, 5) is 14.4. The van der Waals surface area contributed by atoms with Gasteiger partial charge in [0.25, 0.3) is 0 Å². The van der Waals surface area contributed by atoms with E-state index >= 15 is 0 Å². The standard InChI is InChI=1S/C8H12N2O3/c1-6(8(11)12)13-5-7-9-3-4-10(7)2/h3-4,6H,5H2,1-2H3,(H,11,12)/t6-/m0/s1. The van der Waals surface area contributed by atoms with Gasteiger partial charge in [0, 0.05) is 19.4 Å². The molecule has 0 bridgehead atoms. The zero-order chi connectivity index (χ0) is 9.84. The molecule has 0 saturated heterocycles. The first-order chi connectivity index (χ1) is 6.11. The molecule has 0 unspecified atom stereocenters. The van der Waals surface area contributed by atoms with Gasteiger partial charge in [0.15, 0.2) is 6.10 Å². The molecule has 0 aliphatic rings. The van der Waals surface area contributed by atoms with E-state index in [9.17, 15) is 4.79 Å². The zero-order valence-corrected chi connectivity index (χ0v) is 7.60. The quantitative estimate of drug-likeness (QED) is 0.736. The lowest BCUT2D eigenvalue weighted by atomic mass is 10.4. The Bertz CT molecular complexity index is 295. The third-order valence-electron chi connectivity index (χ3n) is 1.73. The number of imidazole rings is 1. The minimum atomic E-state index is -0.964. The van der Waals surface area contributed by atoms with E-state index in [2.05, 4.69) is 4.98 Å². The van der Waals surface area contributed by atoms with Gasteiger partial charge in [-0.15, -0.1) is 0 Å². The number of ether oxygens (including phenoxy) is 1. The molecule has 0 aliphatic heterocycles. The second-order valence-corrected chi connectivity index (χ2v) is 2.75. The van der Waals surface area contributed by atoms with Gasteiger partial charge in [0.05, 0.1) is 0 Å². The average Bonchev–Trinajstić information content (AvgIpc) is 2.47. The molecule has 0 spiro atoms. The molecule has 0 aliphatic carbocycles. The maximum Gasteiger partial charge on any atom is 0.332 e. The molecule has 5 nitrogen and oxygen atoms in total. The van der Waals surface area contributed by atoms with Crippen molar-refractivity contribution in [2.75, 3.05) is 0 Å². The molecule has 1 rings (SSSR count). The van der Waals surface area contributed by atoms with Gasteiger partial charge in [-0.05, 0) is 6.92 Å². The van der Waals surface area contributed by atoms with E-state index in [1.807, 2.05) is 7.05 Å². The molecule has 72 valence electrons. The van der Waals surface area contributed by atoms with E-state index < -0.39 is 12.1 Å². The van der Waals surface area contributed by atoms with Gasteiger partial charge < -0.3 is 14.4 Å². The van der Waals surface area contributed by atoms with Gasteiger partial charge in [0.1, 0.15) is 12.4 Å². The second kappa shape index (κ2) is 4.04. The number of aliphatic carboxylic acids is 1. The number of carboxylic acid groups (broad SMARTS) is 1. The van der Waals surface area contributed by atoms with Crippen molar-refractivity contribution in [2.24, 2.45) is 7.05 Å². The number of carbonyl (C=O) groups is 1. The number of aromatic nitrogens is 2. The number of rotatable bonds is 4. The first-order valence-corrected chi connectivity index (χ1v) is 3.92. The van der Waals surface area contributed by atoms with E-state index in [4.69, 9.17) is 9.84 Å². The molecular formula is C8H12N2O3. The average molecular weight is 184 g/mol. The number of carboxylic acids is 1. The topological polar surface area (TPSA) is 64.4 Å². The highest BCUT2D eigenvalue weighted by molar-refractivity contribution is 5.71. The minimum absolute atomic E-state index is 0.219.